The first-order chi connectivity index (χ1) is 9.58. The van der Waals surface area contributed by atoms with E-state index in [1.807, 2.05) is 6.07 Å². The number of aryl methyl sites for hydroxylation is 1. The van der Waals surface area contributed by atoms with Gasteiger partial charge in [-0.15, -0.1) is 0 Å². The van der Waals surface area contributed by atoms with E-state index >= 15 is 0 Å². The number of hydrogen-bond donors (Lipinski definition) is 1. The number of rotatable bonds is 6. The van der Waals surface area contributed by atoms with Crippen LogP contribution in [0.2, 0.25) is 5.02 Å². The molecule has 0 fully saturated rings. The monoisotopic (exact) mass is 327 g/mol. The van der Waals surface area contributed by atoms with Crippen molar-refractivity contribution in [3.63, 3.8) is 0 Å². The van der Waals surface area contributed by atoms with Crippen molar-refractivity contribution in [1.82, 2.24) is 14.7 Å². The van der Waals surface area contributed by atoms with Gasteiger partial charge in [-0.2, -0.15) is 4.37 Å². The molecule has 1 N–H and O–H groups in total. The topological polar surface area (TPSA) is 37.8 Å². The lowest BCUT2D eigenvalue weighted by molar-refractivity contribution is 0.589. The number of aromatic nitrogens is 2. The Balaban J connectivity index is 2.05. The van der Waals surface area contributed by atoms with Crippen LogP contribution in [0, 0.1) is 0 Å². The molecular formula is C14H18ClN3S2. The van der Waals surface area contributed by atoms with Crippen LogP contribution in [0.15, 0.2) is 27.4 Å². The summed E-state index contributed by atoms with van der Waals surface area (Å²) in [5, 5.41) is 4.15. The Bertz CT molecular complexity index is 569. The predicted octanol–water partition coefficient (Wildman–Crippen LogP) is 4.40. The molecule has 108 valence electrons. The van der Waals surface area contributed by atoms with E-state index in [0.29, 0.717) is 6.04 Å². The number of nitrogens with zero attached hydrogens (tertiary/aromatic N) is 2. The lowest BCUT2D eigenvalue weighted by Crippen LogP contribution is -2.21. The third-order valence-corrected chi connectivity index (χ3v) is 4.96. The van der Waals surface area contributed by atoms with Gasteiger partial charge in [-0.3, -0.25) is 0 Å². The van der Waals surface area contributed by atoms with Gasteiger partial charge in [0.15, 0.2) is 4.34 Å². The van der Waals surface area contributed by atoms with Crippen molar-refractivity contribution >= 4 is 34.9 Å². The summed E-state index contributed by atoms with van der Waals surface area (Å²) in [7, 11) is 0. The molecule has 0 aliphatic rings. The maximum Gasteiger partial charge on any atom is 0.174 e. The maximum absolute atomic E-state index is 6.34. The van der Waals surface area contributed by atoms with Crippen LogP contribution < -0.4 is 5.32 Å². The van der Waals surface area contributed by atoms with Gasteiger partial charge in [0.2, 0.25) is 0 Å². The van der Waals surface area contributed by atoms with Crippen molar-refractivity contribution in [3.05, 3.63) is 34.6 Å². The van der Waals surface area contributed by atoms with Crippen molar-refractivity contribution in [2.24, 2.45) is 0 Å². The van der Waals surface area contributed by atoms with Crippen molar-refractivity contribution in [3.8, 4) is 0 Å². The minimum Gasteiger partial charge on any atom is -0.310 e. The Hall–Kier alpha value is -0.620. The molecule has 3 nitrogen and oxygen atoms in total. The standard InChI is InChI=1S/C14H18ClN3S2/c1-4-13-17-14(20-18-13)19-12-6-5-10(7-11(12)15)8-16-9(2)3/h5-7,9,16H,4,8H2,1-3H3. The molecule has 0 bridgehead atoms. The molecule has 0 spiro atoms. The zero-order valence-electron chi connectivity index (χ0n) is 11.8. The van der Waals surface area contributed by atoms with E-state index < -0.39 is 0 Å². The van der Waals surface area contributed by atoms with Gasteiger partial charge in [0.05, 0.1) is 5.02 Å². The summed E-state index contributed by atoms with van der Waals surface area (Å²) < 4.78 is 5.23. The fourth-order valence-electron chi connectivity index (χ4n) is 1.58. The number of hydrogen-bond acceptors (Lipinski definition) is 5. The quantitative estimate of drug-likeness (QED) is 0.853. The van der Waals surface area contributed by atoms with Crippen LogP contribution in [0.25, 0.3) is 0 Å². The molecule has 1 heterocycles. The zero-order valence-corrected chi connectivity index (χ0v) is 14.2. The van der Waals surface area contributed by atoms with Crippen molar-refractivity contribution < 1.29 is 0 Å². The van der Waals surface area contributed by atoms with Crippen LogP contribution in [-0.4, -0.2) is 15.4 Å². The van der Waals surface area contributed by atoms with E-state index in [0.717, 1.165) is 33.0 Å². The van der Waals surface area contributed by atoms with E-state index in [1.54, 1.807) is 11.8 Å². The van der Waals surface area contributed by atoms with Crippen molar-refractivity contribution in [2.45, 2.75) is 49.0 Å². The minimum absolute atomic E-state index is 0.469. The molecule has 1 aromatic heterocycles. The molecule has 0 unspecified atom stereocenters. The highest BCUT2D eigenvalue weighted by atomic mass is 35.5. The van der Waals surface area contributed by atoms with Gasteiger partial charge < -0.3 is 5.32 Å². The molecule has 2 aromatic rings. The van der Waals surface area contributed by atoms with Gasteiger partial charge in [-0.1, -0.05) is 50.2 Å². The first-order valence-electron chi connectivity index (χ1n) is 6.60. The molecule has 0 radical (unpaired) electrons. The maximum atomic E-state index is 6.34. The lowest BCUT2D eigenvalue weighted by Gasteiger charge is -2.09. The smallest absolute Gasteiger partial charge is 0.174 e. The van der Waals surface area contributed by atoms with Crippen LogP contribution >= 0.6 is 34.9 Å². The highest BCUT2D eigenvalue weighted by molar-refractivity contribution is 8.01. The van der Waals surface area contributed by atoms with Gasteiger partial charge in [0.25, 0.3) is 0 Å². The van der Waals surface area contributed by atoms with E-state index in [1.165, 1.54) is 17.1 Å². The van der Waals surface area contributed by atoms with Gasteiger partial charge >= 0.3 is 0 Å². The average Bonchev–Trinajstić information content (AvgIpc) is 2.87. The van der Waals surface area contributed by atoms with Gasteiger partial charge in [-0.25, -0.2) is 4.98 Å². The SMILES string of the molecule is CCc1nsc(Sc2ccc(CNC(C)C)cc2Cl)n1. The number of nitrogens with one attached hydrogen (secondary N) is 1. The van der Waals surface area contributed by atoms with Crippen LogP contribution in [0.3, 0.4) is 0 Å². The summed E-state index contributed by atoms with van der Waals surface area (Å²) in [5.74, 6) is 0.895. The van der Waals surface area contributed by atoms with E-state index in [-0.39, 0.29) is 0 Å². The highest BCUT2D eigenvalue weighted by Gasteiger charge is 2.08. The second-order valence-corrected chi connectivity index (χ2v) is 7.18. The Kier molecular flexibility index (Phi) is 5.84. The first-order valence-corrected chi connectivity index (χ1v) is 8.57. The molecule has 0 saturated heterocycles. The first kappa shape index (κ1) is 15.8. The van der Waals surface area contributed by atoms with Gasteiger partial charge in [-0.05, 0) is 29.2 Å². The summed E-state index contributed by atoms with van der Waals surface area (Å²) in [6.07, 6.45) is 0.866. The van der Waals surface area contributed by atoms with Crippen LogP contribution in [0.1, 0.15) is 32.2 Å². The van der Waals surface area contributed by atoms with Crippen molar-refractivity contribution in [2.75, 3.05) is 0 Å². The molecule has 20 heavy (non-hydrogen) atoms. The molecule has 1 aromatic carbocycles. The average molecular weight is 328 g/mol. The van der Waals surface area contributed by atoms with Crippen LogP contribution in [0.5, 0.6) is 0 Å². The molecule has 0 saturated carbocycles. The molecule has 2 rings (SSSR count). The summed E-state index contributed by atoms with van der Waals surface area (Å²) in [5.41, 5.74) is 1.19. The largest absolute Gasteiger partial charge is 0.310 e. The zero-order chi connectivity index (χ0) is 14.5. The fourth-order valence-corrected chi connectivity index (χ4v) is 3.56. The fraction of sp³-hybridized carbons (Fsp3) is 0.429. The Morgan fingerprint density at radius 1 is 1.40 bits per heavy atom. The molecule has 6 heteroatoms. The third-order valence-electron chi connectivity index (χ3n) is 2.67. The Labute approximate surface area is 133 Å². The predicted molar refractivity (Wildman–Crippen MR) is 86.8 cm³/mol. The molecule has 0 aliphatic heterocycles. The lowest BCUT2D eigenvalue weighted by atomic mass is 10.2. The van der Waals surface area contributed by atoms with Crippen LogP contribution in [-0.2, 0) is 13.0 Å². The summed E-state index contributed by atoms with van der Waals surface area (Å²) in [6, 6.07) is 6.64. The molecular weight excluding hydrogens is 310 g/mol. The summed E-state index contributed by atoms with van der Waals surface area (Å²) in [4.78, 5) is 5.47. The normalized spacial score (nSPS) is 11.2. The Morgan fingerprint density at radius 3 is 2.80 bits per heavy atom. The van der Waals surface area contributed by atoms with Gasteiger partial charge in [0, 0.05) is 23.9 Å². The van der Waals surface area contributed by atoms with Crippen LogP contribution in [0.4, 0.5) is 0 Å². The van der Waals surface area contributed by atoms with E-state index in [9.17, 15) is 0 Å². The molecule has 0 atom stereocenters. The van der Waals surface area contributed by atoms with Gasteiger partial charge in [0.1, 0.15) is 5.82 Å². The Morgan fingerprint density at radius 2 is 2.20 bits per heavy atom. The number of benzene rings is 1. The highest BCUT2D eigenvalue weighted by Crippen LogP contribution is 2.34. The molecule has 0 aliphatic carbocycles. The molecule has 0 amide bonds. The van der Waals surface area contributed by atoms with E-state index in [2.05, 4.69) is 47.6 Å². The minimum atomic E-state index is 0.469. The number of halogens is 1. The third kappa shape index (κ3) is 4.45. The second kappa shape index (κ2) is 7.41. The van der Waals surface area contributed by atoms with Crippen molar-refractivity contribution in [1.29, 1.82) is 0 Å². The second-order valence-electron chi connectivity index (χ2n) is 4.73. The van der Waals surface area contributed by atoms with E-state index in [4.69, 9.17) is 11.6 Å². The summed E-state index contributed by atoms with van der Waals surface area (Å²) >= 11 is 9.35. The summed E-state index contributed by atoms with van der Waals surface area (Å²) in [6.45, 7) is 7.15.